The number of anilines is 1. The molecule has 23 heavy (non-hydrogen) atoms. The summed E-state index contributed by atoms with van der Waals surface area (Å²) in [5.41, 5.74) is 3.67. The van der Waals surface area contributed by atoms with Crippen molar-refractivity contribution in [1.82, 2.24) is 9.78 Å². The summed E-state index contributed by atoms with van der Waals surface area (Å²) in [5.74, 6) is 0.271. The zero-order chi connectivity index (χ0) is 17.2. The second-order valence-electron chi connectivity index (χ2n) is 7.51. The summed E-state index contributed by atoms with van der Waals surface area (Å²) in [6, 6.07) is 8.05. The molecule has 124 valence electrons. The van der Waals surface area contributed by atoms with Crippen molar-refractivity contribution in [2.45, 2.75) is 47.0 Å². The minimum atomic E-state index is -0.106. The topological polar surface area (TPSA) is 46.9 Å². The monoisotopic (exact) mass is 313 g/mol. The molecule has 4 heteroatoms. The SMILES string of the molecule is Cc1nn(C)cc1C(=O)Nc1ccccc1C(C)CC(C)(C)C. The average molecular weight is 313 g/mol. The van der Waals surface area contributed by atoms with Crippen LogP contribution in [-0.2, 0) is 7.05 Å². The molecule has 4 nitrogen and oxygen atoms in total. The Labute approximate surface area is 138 Å². The van der Waals surface area contributed by atoms with Gasteiger partial charge in [-0.25, -0.2) is 0 Å². The lowest BCUT2D eigenvalue weighted by Crippen LogP contribution is -2.16. The van der Waals surface area contributed by atoms with Crippen molar-refractivity contribution in [3.8, 4) is 0 Å². The van der Waals surface area contributed by atoms with Crippen LogP contribution in [0.2, 0.25) is 0 Å². The van der Waals surface area contributed by atoms with Gasteiger partial charge in [-0.1, -0.05) is 45.9 Å². The van der Waals surface area contributed by atoms with Gasteiger partial charge < -0.3 is 5.32 Å². The largest absolute Gasteiger partial charge is 0.322 e. The van der Waals surface area contributed by atoms with Crippen molar-refractivity contribution in [3.05, 3.63) is 47.3 Å². The van der Waals surface area contributed by atoms with Crippen molar-refractivity contribution in [2.24, 2.45) is 12.5 Å². The van der Waals surface area contributed by atoms with Crippen LogP contribution in [0.1, 0.15) is 61.6 Å². The zero-order valence-corrected chi connectivity index (χ0v) is 15.0. The number of para-hydroxylation sites is 1. The molecule has 0 bridgehead atoms. The van der Waals surface area contributed by atoms with Gasteiger partial charge in [-0.15, -0.1) is 0 Å². The van der Waals surface area contributed by atoms with E-state index in [1.807, 2.05) is 32.2 Å². The molecule has 0 aliphatic rings. The highest BCUT2D eigenvalue weighted by atomic mass is 16.1. The van der Waals surface area contributed by atoms with Crippen LogP contribution in [-0.4, -0.2) is 15.7 Å². The van der Waals surface area contributed by atoms with Gasteiger partial charge in [0.05, 0.1) is 11.3 Å². The summed E-state index contributed by atoms with van der Waals surface area (Å²) in [5, 5.41) is 7.29. The maximum atomic E-state index is 12.5. The number of amides is 1. The molecule has 2 aromatic rings. The second-order valence-corrected chi connectivity index (χ2v) is 7.51. The van der Waals surface area contributed by atoms with Gasteiger partial charge in [0.2, 0.25) is 0 Å². The molecule has 1 aromatic heterocycles. The van der Waals surface area contributed by atoms with Crippen LogP contribution in [0.25, 0.3) is 0 Å². The Balaban J connectivity index is 2.24. The fourth-order valence-corrected chi connectivity index (χ4v) is 3.08. The number of nitrogens with zero attached hydrogens (tertiary/aromatic N) is 2. The zero-order valence-electron chi connectivity index (χ0n) is 15.0. The fraction of sp³-hybridized carbons (Fsp3) is 0.474. The van der Waals surface area contributed by atoms with Gasteiger partial charge in [0.25, 0.3) is 5.91 Å². The Kier molecular flexibility index (Phi) is 4.93. The minimum absolute atomic E-state index is 0.106. The highest BCUT2D eigenvalue weighted by Crippen LogP contribution is 2.34. The smallest absolute Gasteiger partial charge is 0.259 e. The van der Waals surface area contributed by atoms with E-state index in [1.165, 1.54) is 5.56 Å². The van der Waals surface area contributed by atoms with E-state index in [1.54, 1.807) is 10.9 Å². The molecule has 2 rings (SSSR count). The predicted molar refractivity (Wildman–Crippen MR) is 94.8 cm³/mol. The van der Waals surface area contributed by atoms with Crippen molar-refractivity contribution in [1.29, 1.82) is 0 Å². The van der Waals surface area contributed by atoms with Crippen LogP contribution in [0.3, 0.4) is 0 Å². The first-order valence-corrected chi connectivity index (χ1v) is 8.08. The van der Waals surface area contributed by atoms with Crippen LogP contribution >= 0.6 is 0 Å². The van der Waals surface area contributed by atoms with Gasteiger partial charge in [-0.05, 0) is 36.3 Å². The van der Waals surface area contributed by atoms with E-state index in [-0.39, 0.29) is 11.3 Å². The number of rotatable bonds is 4. The third-order valence-corrected chi connectivity index (χ3v) is 3.92. The van der Waals surface area contributed by atoms with Crippen LogP contribution in [0.4, 0.5) is 5.69 Å². The number of benzene rings is 1. The highest BCUT2D eigenvalue weighted by Gasteiger charge is 2.20. The number of aryl methyl sites for hydroxylation is 2. The number of nitrogens with one attached hydrogen (secondary N) is 1. The first kappa shape index (κ1) is 17.3. The van der Waals surface area contributed by atoms with E-state index in [4.69, 9.17) is 0 Å². The maximum absolute atomic E-state index is 12.5. The van der Waals surface area contributed by atoms with Crippen molar-refractivity contribution < 1.29 is 4.79 Å². The van der Waals surface area contributed by atoms with Crippen molar-refractivity contribution in [3.63, 3.8) is 0 Å². The predicted octanol–water partition coefficient (Wildman–Crippen LogP) is 4.52. The van der Waals surface area contributed by atoms with Gasteiger partial charge in [0.15, 0.2) is 0 Å². The summed E-state index contributed by atoms with van der Waals surface area (Å²) >= 11 is 0. The Morgan fingerprint density at radius 2 is 1.96 bits per heavy atom. The highest BCUT2D eigenvalue weighted by molar-refractivity contribution is 6.05. The van der Waals surface area contributed by atoms with Crippen LogP contribution in [0.15, 0.2) is 30.5 Å². The minimum Gasteiger partial charge on any atom is -0.322 e. The third-order valence-electron chi connectivity index (χ3n) is 3.92. The lowest BCUT2D eigenvalue weighted by atomic mass is 9.82. The Hall–Kier alpha value is -2.10. The van der Waals surface area contributed by atoms with Crippen molar-refractivity contribution in [2.75, 3.05) is 5.32 Å². The van der Waals surface area contributed by atoms with Gasteiger partial charge in [-0.2, -0.15) is 5.10 Å². The van der Waals surface area contributed by atoms with E-state index in [9.17, 15) is 4.79 Å². The van der Waals surface area contributed by atoms with Gasteiger partial charge in [-0.3, -0.25) is 9.48 Å². The van der Waals surface area contributed by atoms with E-state index < -0.39 is 0 Å². The molecule has 1 amide bonds. The summed E-state index contributed by atoms with van der Waals surface area (Å²) in [6.45, 7) is 10.8. The summed E-state index contributed by atoms with van der Waals surface area (Å²) < 4.78 is 1.67. The first-order chi connectivity index (χ1) is 10.7. The summed E-state index contributed by atoms with van der Waals surface area (Å²) in [4.78, 5) is 12.5. The third kappa shape index (κ3) is 4.44. The molecule has 1 aromatic carbocycles. The van der Waals surface area contributed by atoms with Crippen molar-refractivity contribution >= 4 is 11.6 Å². The molecular weight excluding hydrogens is 286 g/mol. The molecule has 0 saturated carbocycles. The van der Waals surface area contributed by atoms with Crippen LogP contribution in [0.5, 0.6) is 0 Å². The fourth-order valence-electron chi connectivity index (χ4n) is 3.08. The molecule has 0 fully saturated rings. The van der Waals surface area contributed by atoms with Gasteiger partial charge in [0.1, 0.15) is 0 Å². The average Bonchev–Trinajstić information content (AvgIpc) is 2.76. The van der Waals surface area contributed by atoms with E-state index in [0.717, 1.165) is 17.8 Å². The molecule has 1 unspecified atom stereocenters. The molecule has 0 radical (unpaired) electrons. The lowest BCUT2D eigenvalue weighted by Gasteiger charge is -2.25. The summed E-state index contributed by atoms with van der Waals surface area (Å²) in [6.07, 6.45) is 2.82. The van der Waals surface area contributed by atoms with Crippen LogP contribution in [0, 0.1) is 12.3 Å². The van der Waals surface area contributed by atoms with Gasteiger partial charge >= 0.3 is 0 Å². The first-order valence-electron chi connectivity index (χ1n) is 8.08. The molecule has 0 saturated heterocycles. The molecule has 1 heterocycles. The Morgan fingerprint density at radius 1 is 1.30 bits per heavy atom. The molecule has 0 aliphatic heterocycles. The van der Waals surface area contributed by atoms with E-state index in [0.29, 0.717) is 11.5 Å². The van der Waals surface area contributed by atoms with E-state index >= 15 is 0 Å². The Morgan fingerprint density at radius 3 is 2.52 bits per heavy atom. The number of carbonyl (C=O) groups excluding carboxylic acids is 1. The quantitative estimate of drug-likeness (QED) is 0.902. The molecule has 0 aliphatic carbocycles. The lowest BCUT2D eigenvalue weighted by molar-refractivity contribution is 0.102. The molecular formula is C19H27N3O. The Bertz CT molecular complexity index is 695. The number of hydrogen-bond acceptors (Lipinski definition) is 2. The van der Waals surface area contributed by atoms with Gasteiger partial charge in [0, 0.05) is 18.9 Å². The van der Waals surface area contributed by atoms with Crippen LogP contribution < -0.4 is 5.32 Å². The normalized spacial score (nSPS) is 13.0. The molecule has 1 N–H and O–H groups in total. The molecule has 1 atom stereocenters. The number of hydrogen-bond donors (Lipinski definition) is 1. The number of aromatic nitrogens is 2. The standard InChI is InChI=1S/C19H27N3O/c1-13(11-19(3,4)5)15-9-7-8-10-17(15)20-18(23)16-12-22(6)21-14(16)2/h7-10,12-13H,11H2,1-6H3,(H,20,23). The number of carbonyl (C=O) groups is 1. The maximum Gasteiger partial charge on any atom is 0.259 e. The second kappa shape index (κ2) is 6.57. The molecule has 0 spiro atoms. The van der Waals surface area contributed by atoms with E-state index in [2.05, 4.69) is 44.2 Å². The summed E-state index contributed by atoms with van der Waals surface area (Å²) in [7, 11) is 1.82.